The Hall–Kier alpha value is -3.50. The van der Waals surface area contributed by atoms with Gasteiger partial charge in [-0.1, -0.05) is 255 Å². The van der Waals surface area contributed by atoms with Gasteiger partial charge in [0.15, 0.2) is 12.2 Å². The Morgan fingerprint density at radius 1 is 0.292 bits per heavy atom. The molecule has 0 spiro atoms. The Morgan fingerprint density at radius 3 is 0.823 bits per heavy atom. The predicted molar refractivity (Wildman–Crippen MR) is 390 cm³/mol. The third-order valence-corrected chi connectivity index (χ3v) is 18.0. The van der Waals surface area contributed by atoms with Gasteiger partial charge < -0.3 is 33.8 Å². The van der Waals surface area contributed by atoms with E-state index in [2.05, 4.69) is 101 Å². The maximum absolute atomic E-state index is 13.1. The Morgan fingerprint density at radius 2 is 0.531 bits per heavy atom. The van der Waals surface area contributed by atoms with Crippen molar-refractivity contribution in [2.45, 2.75) is 354 Å². The lowest BCUT2D eigenvalue weighted by Gasteiger charge is -2.21. The number of esters is 4. The van der Waals surface area contributed by atoms with Crippen molar-refractivity contribution in [2.75, 3.05) is 39.6 Å². The molecule has 0 rings (SSSR count). The van der Waals surface area contributed by atoms with Gasteiger partial charge in [-0.15, -0.1) is 0 Å². The van der Waals surface area contributed by atoms with E-state index in [-0.39, 0.29) is 25.7 Å². The molecule has 19 heteroatoms. The average Bonchev–Trinajstić information content (AvgIpc) is 1.15. The first-order valence-corrected chi connectivity index (χ1v) is 41.2. The molecule has 0 saturated heterocycles. The van der Waals surface area contributed by atoms with E-state index in [0.717, 1.165) is 180 Å². The third kappa shape index (κ3) is 69.0. The summed E-state index contributed by atoms with van der Waals surface area (Å²) in [5.41, 5.74) is 0. The number of phosphoric ester groups is 2. The van der Waals surface area contributed by atoms with Crippen LogP contribution in [0.25, 0.3) is 0 Å². The van der Waals surface area contributed by atoms with E-state index in [1.165, 1.54) is 77.0 Å². The summed E-state index contributed by atoms with van der Waals surface area (Å²) in [7, 11) is -9.95. The van der Waals surface area contributed by atoms with E-state index < -0.39 is 97.5 Å². The van der Waals surface area contributed by atoms with Gasteiger partial charge in [-0.3, -0.25) is 37.3 Å². The van der Waals surface area contributed by atoms with Gasteiger partial charge in [0.25, 0.3) is 0 Å². The normalized spacial score (nSPS) is 14.4. The highest BCUT2D eigenvalue weighted by Gasteiger charge is 2.30. The first kappa shape index (κ1) is 92.5. The molecule has 4 atom stereocenters. The van der Waals surface area contributed by atoms with E-state index in [0.29, 0.717) is 25.7 Å². The number of carbonyl (C=O) groups excluding carboxylic acids is 4. The molecular formula is C77H138O17P2. The minimum Gasteiger partial charge on any atom is -0.462 e. The third-order valence-electron chi connectivity index (χ3n) is 16.1. The topological polar surface area (TPSA) is 237 Å². The standard InChI is InChI=1S/C77H138O17P2/c1-5-9-13-17-21-25-29-33-35-39-41-45-49-53-57-61-74(79)87-67-72(93-76(81)63-59-55-51-47-43-37-31-27-23-19-15-11-7-3)69-91-95(83,84)89-65-71(78)66-90-96(85,86)92-70-73(94-77(82)64-60-56-52-48-44-38-32-28-24-20-16-12-8-4)68-88-75(80)62-58-54-50-46-42-40-36-34-30-26-22-18-14-10-6-2/h15-16,19-20,27-28,31-36,71-73,78H,5-14,17-18,21-26,29-30,37-70H2,1-4H3,(H,83,84)(H,85,86)/b19-15-,20-16-,31-27-,32-28-,35-33-,36-34-. The smallest absolute Gasteiger partial charge is 0.462 e. The van der Waals surface area contributed by atoms with Crippen molar-refractivity contribution in [1.29, 1.82) is 0 Å². The fourth-order valence-corrected chi connectivity index (χ4v) is 11.8. The van der Waals surface area contributed by atoms with Gasteiger partial charge in [0, 0.05) is 25.7 Å². The first-order valence-electron chi connectivity index (χ1n) is 38.2. The zero-order valence-corrected chi connectivity index (χ0v) is 62.6. The van der Waals surface area contributed by atoms with Crippen LogP contribution < -0.4 is 0 Å². The molecule has 17 nitrogen and oxygen atoms in total. The molecule has 0 bridgehead atoms. The summed E-state index contributed by atoms with van der Waals surface area (Å²) in [6, 6.07) is 0. The van der Waals surface area contributed by atoms with E-state index in [1.807, 2.05) is 0 Å². The summed E-state index contributed by atoms with van der Waals surface area (Å²) >= 11 is 0. The SMILES string of the molecule is CCC/C=C\C/C=C\CCCCCCCC(=O)OC(COC(=O)CCCCCCC/C=C\CCCCCCCC)COP(=O)(O)OCC(O)COP(=O)(O)OCC(COC(=O)CCCCCCC/C=C\CCCCCCCC)OC(=O)CCCCCCC/C=C\C/C=C\CCC. The number of rotatable bonds is 72. The zero-order chi connectivity index (χ0) is 70.4. The molecule has 0 aromatic rings. The van der Waals surface area contributed by atoms with Crippen LogP contribution in [0.5, 0.6) is 0 Å². The molecule has 0 aromatic heterocycles. The van der Waals surface area contributed by atoms with Crippen molar-refractivity contribution in [1.82, 2.24) is 0 Å². The molecule has 4 unspecified atom stereocenters. The second-order valence-corrected chi connectivity index (χ2v) is 28.5. The van der Waals surface area contributed by atoms with E-state index in [4.69, 9.17) is 37.0 Å². The minimum absolute atomic E-state index is 0.0791. The van der Waals surface area contributed by atoms with Crippen LogP contribution in [0.15, 0.2) is 72.9 Å². The van der Waals surface area contributed by atoms with Gasteiger partial charge in [-0.05, 0) is 128 Å². The molecule has 96 heavy (non-hydrogen) atoms. The Balaban J connectivity index is 5.34. The number of aliphatic hydroxyl groups excluding tert-OH is 1. The highest BCUT2D eigenvalue weighted by Crippen LogP contribution is 2.45. The summed E-state index contributed by atoms with van der Waals surface area (Å²) in [4.78, 5) is 72.8. The van der Waals surface area contributed by atoms with Crippen molar-refractivity contribution in [3.05, 3.63) is 72.9 Å². The lowest BCUT2D eigenvalue weighted by Crippen LogP contribution is -2.30. The van der Waals surface area contributed by atoms with Gasteiger partial charge in [0.05, 0.1) is 26.4 Å². The summed E-state index contributed by atoms with van der Waals surface area (Å²) in [6.07, 6.45) is 68.9. The monoisotopic (exact) mass is 1400 g/mol. The molecule has 0 amide bonds. The van der Waals surface area contributed by atoms with Crippen molar-refractivity contribution >= 4 is 39.5 Å². The first-order chi connectivity index (χ1) is 46.7. The molecule has 0 aliphatic rings. The lowest BCUT2D eigenvalue weighted by atomic mass is 10.1. The highest BCUT2D eigenvalue weighted by molar-refractivity contribution is 7.47. The summed E-state index contributed by atoms with van der Waals surface area (Å²) in [5.74, 6) is -2.20. The summed E-state index contributed by atoms with van der Waals surface area (Å²) in [6.45, 7) is 4.72. The van der Waals surface area contributed by atoms with E-state index >= 15 is 0 Å². The summed E-state index contributed by atoms with van der Waals surface area (Å²) in [5, 5.41) is 10.6. The molecule has 558 valence electrons. The molecular weight excluding hydrogens is 1260 g/mol. The number of aliphatic hydroxyl groups is 1. The fraction of sp³-hybridized carbons (Fsp3) is 0.792. The van der Waals surface area contributed by atoms with Crippen molar-refractivity contribution < 1.29 is 80.2 Å². The lowest BCUT2D eigenvalue weighted by molar-refractivity contribution is -0.161. The van der Waals surface area contributed by atoms with Crippen LogP contribution in [-0.4, -0.2) is 96.7 Å². The van der Waals surface area contributed by atoms with Gasteiger partial charge in [0.2, 0.25) is 0 Å². The Labute approximate surface area is 583 Å². The number of ether oxygens (including phenoxy) is 4. The van der Waals surface area contributed by atoms with Gasteiger partial charge in [0.1, 0.15) is 19.3 Å². The molecule has 0 aromatic carbocycles. The Kier molecular flexibility index (Phi) is 67.4. The second-order valence-electron chi connectivity index (χ2n) is 25.6. The van der Waals surface area contributed by atoms with Crippen molar-refractivity contribution in [3.8, 4) is 0 Å². The van der Waals surface area contributed by atoms with Gasteiger partial charge in [-0.2, -0.15) is 0 Å². The Bertz CT molecular complexity index is 1960. The average molecular weight is 1400 g/mol. The number of hydrogen-bond donors (Lipinski definition) is 3. The van der Waals surface area contributed by atoms with Crippen LogP contribution in [0, 0.1) is 0 Å². The molecule has 0 fully saturated rings. The minimum atomic E-state index is -4.97. The molecule has 0 radical (unpaired) electrons. The van der Waals surface area contributed by atoms with Gasteiger partial charge in [-0.25, -0.2) is 9.13 Å². The fourth-order valence-electron chi connectivity index (χ4n) is 10.2. The zero-order valence-electron chi connectivity index (χ0n) is 60.8. The van der Waals surface area contributed by atoms with Crippen molar-refractivity contribution in [2.24, 2.45) is 0 Å². The second kappa shape index (κ2) is 70.0. The predicted octanol–water partition coefficient (Wildman–Crippen LogP) is 21.7. The maximum atomic E-state index is 13.1. The van der Waals surface area contributed by atoms with Crippen LogP contribution in [0.4, 0.5) is 0 Å². The highest BCUT2D eigenvalue weighted by atomic mass is 31.2. The van der Waals surface area contributed by atoms with Crippen LogP contribution in [-0.2, 0) is 65.4 Å². The molecule has 3 N–H and O–H groups in total. The number of unbranched alkanes of at least 4 members (excludes halogenated alkanes) is 34. The van der Waals surface area contributed by atoms with Crippen LogP contribution in [0.1, 0.15) is 336 Å². The molecule has 0 aliphatic heterocycles. The van der Waals surface area contributed by atoms with E-state index in [1.54, 1.807) is 0 Å². The molecule has 0 aliphatic carbocycles. The number of hydrogen-bond acceptors (Lipinski definition) is 15. The van der Waals surface area contributed by atoms with Crippen molar-refractivity contribution in [3.63, 3.8) is 0 Å². The number of phosphoric acid groups is 2. The van der Waals surface area contributed by atoms with Gasteiger partial charge >= 0.3 is 39.5 Å². The largest absolute Gasteiger partial charge is 0.472 e. The maximum Gasteiger partial charge on any atom is 0.472 e. The van der Waals surface area contributed by atoms with Crippen LogP contribution in [0.2, 0.25) is 0 Å². The number of allylic oxidation sites excluding steroid dienone is 12. The quantitative estimate of drug-likeness (QED) is 0.0169. The summed E-state index contributed by atoms with van der Waals surface area (Å²) < 4.78 is 68.4. The number of carbonyl (C=O) groups is 4. The van der Waals surface area contributed by atoms with Crippen LogP contribution >= 0.6 is 15.6 Å². The van der Waals surface area contributed by atoms with E-state index in [9.17, 15) is 43.2 Å². The van der Waals surface area contributed by atoms with Crippen LogP contribution in [0.3, 0.4) is 0 Å². The molecule has 0 heterocycles. The molecule has 0 saturated carbocycles.